The van der Waals surface area contributed by atoms with Gasteiger partial charge in [-0.25, -0.2) is 4.98 Å². The summed E-state index contributed by atoms with van der Waals surface area (Å²) in [5.41, 5.74) is 0.0545. The van der Waals surface area contributed by atoms with Crippen LogP contribution in [-0.2, 0) is 14.3 Å². The molecule has 0 saturated carbocycles. The van der Waals surface area contributed by atoms with Gasteiger partial charge in [-0.15, -0.1) is 0 Å². The second-order valence-corrected chi connectivity index (χ2v) is 6.64. The molecule has 1 aliphatic heterocycles. The molecule has 150 valence electrons. The standard InChI is InChI=1S/C19H24N4O5/c1-27-13-8-5-6-11-16(13)22-17(23-18(11)25)14(28-2)10-15(24)21-12-7-3-4-9-20-19(12)26/h5-6,8,12,14H,3-4,7,9-10H2,1-2H3,(H,20,26)(H,21,24)(H,22,23,25). The van der Waals surface area contributed by atoms with Gasteiger partial charge in [-0.05, 0) is 31.4 Å². The van der Waals surface area contributed by atoms with Gasteiger partial charge >= 0.3 is 0 Å². The molecule has 1 aromatic carbocycles. The van der Waals surface area contributed by atoms with Gasteiger partial charge in [0.1, 0.15) is 29.2 Å². The number of aromatic nitrogens is 2. The van der Waals surface area contributed by atoms with E-state index in [-0.39, 0.29) is 29.6 Å². The third-order valence-corrected chi connectivity index (χ3v) is 4.77. The van der Waals surface area contributed by atoms with Crippen LogP contribution in [0.2, 0.25) is 0 Å². The van der Waals surface area contributed by atoms with Crippen molar-refractivity contribution < 1.29 is 19.1 Å². The molecule has 2 atom stereocenters. The van der Waals surface area contributed by atoms with Crippen molar-refractivity contribution in [2.45, 2.75) is 37.8 Å². The first-order chi connectivity index (χ1) is 13.5. The van der Waals surface area contributed by atoms with Gasteiger partial charge in [-0.2, -0.15) is 0 Å². The number of carbonyl (C=O) groups excluding carboxylic acids is 2. The number of hydrogen-bond acceptors (Lipinski definition) is 6. The van der Waals surface area contributed by atoms with Crippen LogP contribution in [0.25, 0.3) is 10.9 Å². The molecule has 3 rings (SSSR count). The van der Waals surface area contributed by atoms with Crippen molar-refractivity contribution in [3.8, 4) is 5.75 Å². The van der Waals surface area contributed by atoms with Crippen LogP contribution in [0, 0.1) is 0 Å². The summed E-state index contributed by atoms with van der Waals surface area (Å²) >= 11 is 0. The first-order valence-corrected chi connectivity index (χ1v) is 9.20. The van der Waals surface area contributed by atoms with Crippen molar-refractivity contribution in [1.29, 1.82) is 0 Å². The molecule has 2 heterocycles. The predicted octanol–water partition coefficient (Wildman–Crippen LogP) is 0.794. The van der Waals surface area contributed by atoms with Crippen molar-refractivity contribution >= 4 is 22.7 Å². The molecule has 9 heteroatoms. The van der Waals surface area contributed by atoms with E-state index in [9.17, 15) is 14.4 Å². The Bertz CT molecular complexity index is 926. The lowest BCUT2D eigenvalue weighted by atomic mass is 10.1. The van der Waals surface area contributed by atoms with Gasteiger partial charge in [0.05, 0.1) is 18.9 Å². The summed E-state index contributed by atoms with van der Waals surface area (Å²) < 4.78 is 10.7. The predicted molar refractivity (Wildman–Crippen MR) is 102 cm³/mol. The normalized spacial score (nSPS) is 18.2. The van der Waals surface area contributed by atoms with Gasteiger partial charge in [0, 0.05) is 13.7 Å². The summed E-state index contributed by atoms with van der Waals surface area (Å²) in [5, 5.41) is 5.91. The highest BCUT2D eigenvalue weighted by atomic mass is 16.5. The minimum Gasteiger partial charge on any atom is -0.494 e. The van der Waals surface area contributed by atoms with Crippen molar-refractivity contribution in [3.05, 3.63) is 34.4 Å². The maximum atomic E-state index is 12.5. The Morgan fingerprint density at radius 1 is 1.32 bits per heavy atom. The third-order valence-electron chi connectivity index (χ3n) is 4.77. The average Bonchev–Trinajstić information content (AvgIpc) is 2.89. The number of nitrogens with one attached hydrogen (secondary N) is 3. The second-order valence-electron chi connectivity index (χ2n) is 6.64. The highest BCUT2D eigenvalue weighted by Crippen LogP contribution is 2.24. The SMILES string of the molecule is COc1cccc2c(=O)[nH]c(C(CC(=O)NC3CCCCNC3=O)OC)nc12. The maximum Gasteiger partial charge on any atom is 0.258 e. The quantitative estimate of drug-likeness (QED) is 0.673. The zero-order valence-electron chi connectivity index (χ0n) is 15.9. The van der Waals surface area contributed by atoms with Gasteiger partial charge in [-0.1, -0.05) is 6.07 Å². The van der Waals surface area contributed by atoms with E-state index in [1.165, 1.54) is 14.2 Å². The molecule has 1 saturated heterocycles. The molecule has 1 aromatic heterocycles. The Hall–Kier alpha value is -2.94. The number of hydrogen-bond donors (Lipinski definition) is 3. The van der Waals surface area contributed by atoms with Crippen molar-refractivity contribution in [1.82, 2.24) is 20.6 Å². The summed E-state index contributed by atoms with van der Waals surface area (Å²) in [4.78, 5) is 44.0. The fraction of sp³-hybridized carbons (Fsp3) is 0.474. The third kappa shape index (κ3) is 4.30. The number of H-pyrrole nitrogens is 1. The molecule has 0 aliphatic carbocycles. The summed E-state index contributed by atoms with van der Waals surface area (Å²) in [6, 6.07) is 4.50. The largest absolute Gasteiger partial charge is 0.494 e. The number of carbonyl (C=O) groups is 2. The molecule has 0 spiro atoms. The number of ether oxygens (including phenoxy) is 2. The van der Waals surface area contributed by atoms with Gasteiger partial charge in [0.2, 0.25) is 11.8 Å². The Labute approximate surface area is 161 Å². The molecular formula is C19H24N4O5. The Balaban J connectivity index is 1.80. The van der Waals surface area contributed by atoms with E-state index >= 15 is 0 Å². The minimum absolute atomic E-state index is 0.0795. The number of rotatable bonds is 6. The van der Waals surface area contributed by atoms with Gasteiger partial charge in [-0.3, -0.25) is 14.4 Å². The summed E-state index contributed by atoms with van der Waals surface area (Å²) in [5.74, 6) is 0.155. The number of benzene rings is 1. The van der Waals surface area contributed by atoms with Crippen LogP contribution in [0.5, 0.6) is 5.75 Å². The van der Waals surface area contributed by atoms with E-state index in [1.54, 1.807) is 18.2 Å². The molecular weight excluding hydrogens is 364 g/mol. The van der Waals surface area contributed by atoms with Gasteiger partial charge < -0.3 is 25.1 Å². The average molecular weight is 388 g/mol. The molecule has 2 amide bonds. The monoisotopic (exact) mass is 388 g/mol. The molecule has 2 unspecified atom stereocenters. The molecule has 0 radical (unpaired) electrons. The first-order valence-electron chi connectivity index (χ1n) is 9.20. The van der Waals surface area contributed by atoms with E-state index in [2.05, 4.69) is 20.6 Å². The van der Waals surface area contributed by atoms with E-state index in [0.29, 0.717) is 29.6 Å². The highest BCUT2D eigenvalue weighted by Gasteiger charge is 2.25. The molecule has 1 aliphatic rings. The highest BCUT2D eigenvalue weighted by molar-refractivity contribution is 5.88. The van der Waals surface area contributed by atoms with E-state index in [4.69, 9.17) is 9.47 Å². The van der Waals surface area contributed by atoms with Gasteiger partial charge in [0.15, 0.2) is 0 Å². The lowest BCUT2D eigenvalue weighted by Gasteiger charge is -2.18. The smallest absolute Gasteiger partial charge is 0.258 e. The number of amides is 2. The first kappa shape index (κ1) is 19.8. The number of aromatic amines is 1. The van der Waals surface area contributed by atoms with Crippen molar-refractivity contribution in [2.24, 2.45) is 0 Å². The molecule has 1 fully saturated rings. The molecule has 9 nitrogen and oxygen atoms in total. The molecule has 0 bridgehead atoms. The van der Waals surface area contributed by atoms with Crippen LogP contribution in [0.3, 0.4) is 0 Å². The molecule has 3 N–H and O–H groups in total. The number of methoxy groups -OCH3 is 2. The maximum absolute atomic E-state index is 12.5. The van der Waals surface area contributed by atoms with Crippen LogP contribution in [0.4, 0.5) is 0 Å². The number of nitrogens with zero attached hydrogens (tertiary/aromatic N) is 1. The lowest BCUT2D eigenvalue weighted by molar-refractivity contribution is -0.130. The summed E-state index contributed by atoms with van der Waals surface area (Å²) in [6.07, 6.45) is 1.50. The van der Waals surface area contributed by atoms with Crippen LogP contribution in [-0.4, -0.2) is 48.6 Å². The lowest BCUT2D eigenvalue weighted by Crippen LogP contribution is -2.45. The number of fused-ring (bicyclic) bond motifs is 1. The van der Waals surface area contributed by atoms with Crippen LogP contribution >= 0.6 is 0 Å². The van der Waals surface area contributed by atoms with Crippen LogP contribution in [0.15, 0.2) is 23.0 Å². The van der Waals surface area contributed by atoms with E-state index in [1.807, 2.05) is 0 Å². The minimum atomic E-state index is -0.768. The zero-order chi connectivity index (χ0) is 20.1. The fourth-order valence-electron chi connectivity index (χ4n) is 3.26. The van der Waals surface area contributed by atoms with Gasteiger partial charge in [0.25, 0.3) is 5.56 Å². The van der Waals surface area contributed by atoms with Crippen LogP contribution in [0.1, 0.15) is 37.6 Å². The molecule has 2 aromatic rings. The Morgan fingerprint density at radius 2 is 2.14 bits per heavy atom. The summed E-state index contributed by atoms with van der Waals surface area (Å²) in [7, 11) is 2.93. The number of para-hydroxylation sites is 1. The Kier molecular flexibility index (Phi) is 6.25. The zero-order valence-corrected chi connectivity index (χ0v) is 15.9. The topological polar surface area (TPSA) is 122 Å². The van der Waals surface area contributed by atoms with Crippen molar-refractivity contribution in [2.75, 3.05) is 20.8 Å². The fourth-order valence-corrected chi connectivity index (χ4v) is 3.26. The molecule has 28 heavy (non-hydrogen) atoms. The second kappa shape index (κ2) is 8.83. The van der Waals surface area contributed by atoms with Crippen LogP contribution < -0.4 is 20.9 Å². The van der Waals surface area contributed by atoms with E-state index in [0.717, 1.165) is 12.8 Å². The van der Waals surface area contributed by atoms with E-state index < -0.39 is 12.1 Å². The van der Waals surface area contributed by atoms with Crippen molar-refractivity contribution in [3.63, 3.8) is 0 Å². The Morgan fingerprint density at radius 3 is 2.89 bits per heavy atom. The summed E-state index contributed by atoms with van der Waals surface area (Å²) in [6.45, 7) is 0.621.